The van der Waals surface area contributed by atoms with Gasteiger partial charge in [0.1, 0.15) is 5.75 Å². The van der Waals surface area contributed by atoms with Gasteiger partial charge in [-0.2, -0.15) is 0 Å². The highest BCUT2D eigenvalue weighted by Crippen LogP contribution is 2.11. The van der Waals surface area contributed by atoms with Crippen LogP contribution in [-0.2, 0) is 6.61 Å². The van der Waals surface area contributed by atoms with E-state index in [0.717, 1.165) is 17.7 Å². The molecule has 2 nitrogen and oxygen atoms in total. The lowest BCUT2D eigenvalue weighted by molar-refractivity contribution is 0.281. The van der Waals surface area contributed by atoms with Crippen LogP contribution in [0.1, 0.15) is 18.9 Å². The Morgan fingerprint density at radius 1 is 1.29 bits per heavy atom. The number of benzene rings is 1. The lowest BCUT2D eigenvalue weighted by Gasteiger charge is -2.03. The minimum Gasteiger partial charge on any atom is -0.493 e. The predicted octanol–water partition coefficient (Wildman–Crippen LogP) is 1.97. The molecule has 2 heteroatoms. The van der Waals surface area contributed by atoms with E-state index in [2.05, 4.69) is 11.8 Å². The van der Waals surface area contributed by atoms with Crippen LogP contribution in [0.15, 0.2) is 24.3 Å². The van der Waals surface area contributed by atoms with Crippen LogP contribution in [0, 0.1) is 11.8 Å². The minimum atomic E-state index is 0.0710. The Kier molecular flexibility index (Phi) is 4.60. The average molecular weight is 190 g/mol. The topological polar surface area (TPSA) is 29.5 Å². The first-order chi connectivity index (χ1) is 6.86. The highest BCUT2D eigenvalue weighted by Gasteiger charge is 1.93. The van der Waals surface area contributed by atoms with Crippen molar-refractivity contribution < 1.29 is 9.84 Å². The Labute approximate surface area is 84.5 Å². The number of ether oxygens (including phenoxy) is 1. The van der Waals surface area contributed by atoms with Gasteiger partial charge in [-0.25, -0.2) is 0 Å². The van der Waals surface area contributed by atoms with E-state index in [1.165, 1.54) is 0 Å². The third-order valence-corrected chi connectivity index (χ3v) is 1.78. The second-order valence-corrected chi connectivity index (χ2v) is 2.83. The quantitative estimate of drug-likeness (QED) is 0.581. The van der Waals surface area contributed by atoms with Gasteiger partial charge in [0, 0.05) is 6.42 Å². The lowest BCUT2D eigenvalue weighted by Crippen LogP contribution is -1.95. The average Bonchev–Trinajstić information content (AvgIpc) is 2.25. The summed E-state index contributed by atoms with van der Waals surface area (Å²) in [5, 5.41) is 8.82. The summed E-state index contributed by atoms with van der Waals surface area (Å²) in [4.78, 5) is 0. The van der Waals surface area contributed by atoms with Crippen LogP contribution in [0.2, 0.25) is 0 Å². The fourth-order valence-electron chi connectivity index (χ4n) is 1.04. The fraction of sp³-hybridized carbons (Fsp3) is 0.333. The van der Waals surface area contributed by atoms with Crippen molar-refractivity contribution in [2.24, 2.45) is 0 Å². The molecule has 0 amide bonds. The Morgan fingerprint density at radius 2 is 2.00 bits per heavy atom. The SMILES string of the molecule is CC#CCCOc1ccc(CO)cc1. The Hall–Kier alpha value is -1.46. The van der Waals surface area contributed by atoms with E-state index in [1.807, 2.05) is 31.2 Å². The fourth-order valence-corrected chi connectivity index (χ4v) is 1.04. The van der Waals surface area contributed by atoms with Crippen LogP contribution < -0.4 is 4.74 Å². The van der Waals surface area contributed by atoms with Gasteiger partial charge >= 0.3 is 0 Å². The zero-order valence-electron chi connectivity index (χ0n) is 8.29. The number of hydrogen-bond donors (Lipinski definition) is 1. The predicted molar refractivity (Wildman–Crippen MR) is 55.9 cm³/mol. The molecule has 0 aliphatic carbocycles. The van der Waals surface area contributed by atoms with Crippen molar-refractivity contribution in [1.82, 2.24) is 0 Å². The molecule has 0 saturated heterocycles. The zero-order chi connectivity index (χ0) is 10.2. The molecule has 14 heavy (non-hydrogen) atoms. The smallest absolute Gasteiger partial charge is 0.119 e. The molecule has 0 spiro atoms. The first-order valence-electron chi connectivity index (χ1n) is 4.59. The summed E-state index contributed by atoms with van der Waals surface area (Å²) in [6.07, 6.45) is 0.748. The van der Waals surface area contributed by atoms with Gasteiger partial charge < -0.3 is 9.84 Å². The summed E-state index contributed by atoms with van der Waals surface area (Å²) in [5.41, 5.74) is 0.894. The molecule has 1 rings (SSSR count). The van der Waals surface area contributed by atoms with E-state index in [-0.39, 0.29) is 6.61 Å². The molecule has 0 bridgehead atoms. The van der Waals surface area contributed by atoms with Crippen molar-refractivity contribution in [3.63, 3.8) is 0 Å². The van der Waals surface area contributed by atoms with Gasteiger partial charge in [0.15, 0.2) is 0 Å². The Bertz CT molecular complexity index is 316. The van der Waals surface area contributed by atoms with Gasteiger partial charge in [-0.15, -0.1) is 11.8 Å². The van der Waals surface area contributed by atoms with Crippen LogP contribution in [0.4, 0.5) is 0 Å². The maximum atomic E-state index is 8.82. The molecule has 0 heterocycles. The molecular weight excluding hydrogens is 176 g/mol. The Morgan fingerprint density at radius 3 is 2.57 bits per heavy atom. The molecule has 1 N–H and O–H groups in total. The van der Waals surface area contributed by atoms with Crippen molar-refractivity contribution in [2.45, 2.75) is 20.0 Å². The highest BCUT2D eigenvalue weighted by molar-refractivity contribution is 5.26. The highest BCUT2D eigenvalue weighted by atomic mass is 16.5. The van der Waals surface area contributed by atoms with E-state index >= 15 is 0 Å². The third-order valence-electron chi connectivity index (χ3n) is 1.78. The second kappa shape index (κ2) is 6.06. The summed E-state index contributed by atoms with van der Waals surface area (Å²) in [6.45, 7) is 2.50. The van der Waals surface area contributed by atoms with E-state index in [9.17, 15) is 0 Å². The normalized spacial score (nSPS) is 9.00. The van der Waals surface area contributed by atoms with Crippen LogP contribution in [0.3, 0.4) is 0 Å². The molecule has 0 radical (unpaired) electrons. The van der Waals surface area contributed by atoms with Crippen molar-refractivity contribution in [2.75, 3.05) is 6.61 Å². The number of aliphatic hydroxyl groups is 1. The van der Waals surface area contributed by atoms with E-state index < -0.39 is 0 Å². The van der Waals surface area contributed by atoms with Crippen LogP contribution in [-0.4, -0.2) is 11.7 Å². The second-order valence-electron chi connectivity index (χ2n) is 2.83. The largest absolute Gasteiger partial charge is 0.493 e. The summed E-state index contributed by atoms with van der Waals surface area (Å²) in [5.74, 6) is 6.55. The minimum absolute atomic E-state index is 0.0710. The van der Waals surface area contributed by atoms with Crippen molar-refractivity contribution >= 4 is 0 Å². The maximum Gasteiger partial charge on any atom is 0.119 e. The molecule has 0 aromatic heterocycles. The molecular formula is C12H14O2. The molecule has 0 aliphatic rings. The molecule has 1 aromatic rings. The third kappa shape index (κ3) is 3.51. The summed E-state index contributed by atoms with van der Waals surface area (Å²) in [7, 11) is 0. The van der Waals surface area contributed by atoms with Gasteiger partial charge in [-0.05, 0) is 24.6 Å². The molecule has 0 fully saturated rings. The van der Waals surface area contributed by atoms with Crippen LogP contribution in [0.25, 0.3) is 0 Å². The zero-order valence-corrected chi connectivity index (χ0v) is 8.29. The van der Waals surface area contributed by atoms with E-state index in [0.29, 0.717) is 6.61 Å². The molecule has 0 saturated carbocycles. The lowest BCUT2D eigenvalue weighted by atomic mass is 10.2. The van der Waals surface area contributed by atoms with Gasteiger partial charge in [0.2, 0.25) is 0 Å². The van der Waals surface area contributed by atoms with Crippen molar-refractivity contribution in [3.8, 4) is 17.6 Å². The first-order valence-corrected chi connectivity index (χ1v) is 4.59. The Balaban J connectivity index is 2.38. The van der Waals surface area contributed by atoms with Gasteiger partial charge in [0.25, 0.3) is 0 Å². The summed E-state index contributed by atoms with van der Waals surface area (Å²) >= 11 is 0. The van der Waals surface area contributed by atoms with Crippen LogP contribution in [0.5, 0.6) is 5.75 Å². The van der Waals surface area contributed by atoms with Crippen molar-refractivity contribution in [1.29, 1.82) is 0 Å². The maximum absolute atomic E-state index is 8.82. The van der Waals surface area contributed by atoms with Gasteiger partial charge in [-0.1, -0.05) is 12.1 Å². The summed E-state index contributed by atoms with van der Waals surface area (Å²) in [6, 6.07) is 7.40. The van der Waals surface area contributed by atoms with Crippen molar-refractivity contribution in [3.05, 3.63) is 29.8 Å². The number of hydrogen-bond acceptors (Lipinski definition) is 2. The molecule has 0 aliphatic heterocycles. The summed E-state index contributed by atoms with van der Waals surface area (Å²) < 4.78 is 5.42. The molecule has 0 atom stereocenters. The standard InChI is InChI=1S/C12H14O2/c1-2-3-4-9-14-12-7-5-11(10-13)6-8-12/h5-8,13H,4,9-10H2,1H3. The van der Waals surface area contributed by atoms with E-state index in [1.54, 1.807) is 0 Å². The molecule has 74 valence electrons. The number of rotatable bonds is 4. The van der Waals surface area contributed by atoms with Gasteiger partial charge in [-0.3, -0.25) is 0 Å². The van der Waals surface area contributed by atoms with Gasteiger partial charge in [0.05, 0.1) is 13.2 Å². The molecule has 0 unspecified atom stereocenters. The monoisotopic (exact) mass is 190 g/mol. The number of aliphatic hydroxyl groups excluding tert-OH is 1. The first kappa shape index (κ1) is 10.6. The molecule has 1 aromatic carbocycles. The van der Waals surface area contributed by atoms with E-state index in [4.69, 9.17) is 9.84 Å². The van der Waals surface area contributed by atoms with Crippen LogP contribution >= 0.6 is 0 Å².